The first-order valence-electron chi connectivity index (χ1n) is 5.37. The zero-order chi connectivity index (χ0) is 10.4. The molecule has 0 aromatic heterocycles. The Kier molecular flexibility index (Phi) is 5.33. The van der Waals surface area contributed by atoms with Gasteiger partial charge in [-0.15, -0.1) is 0 Å². The molecule has 1 fully saturated rings. The van der Waals surface area contributed by atoms with Gasteiger partial charge in [-0.1, -0.05) is 0 Å². The summed E-state index contributed by atoms with van der Waals surface area (Å²) in [6.45, 7) is 2.69. The third-order valence-electron chi connectivity index (χ3n) is 2.91. The lowest BCUT2D eigenvalue weighted by molar-refractivity contribution is 0.0682. The average molecular weight is 206 g/mol. The van der Waals surface area contributed by atoms with Crippen LogP contribution in [0.25, 0.3) is 0 Å². The molecule has 0 aromatic rings. The van der Waals surface area contributed by atoms with Gasteiger partial charge in [0, 0.05) is 0 Å². The highest BCUT2D eigenvalue weighted by Crippen LogP contribution is 2.20. The number of nitrogens with zero attached hydrogens (tertiary/aromatic N) is 1. The van der Waals surface area contributed by atoms with Crippen LogP contribution in [-0.2, 0) is 0 Å². The van der Waals surface area contributed by atoms with Crippen molar-refractivity contribution in [3.63, 3.8) is 0 Å². The molecule has 0 radical (unpaired) electrons. The third-order valence-corrected chi connectivity index (χ3v) is 2.91. The van der Waals surface area contributed by atoms with Crippen molar-refractivity contribution in [2.24, 2.45) is 5.92 Å². The maximum Gasteiger partial charge on any atom is 0.251 e. The molecule has 0 unspecified atom stereocenters. The zero-order valence-corrected chi connectivity index (χ0v) is 8.81. The van der Waals surface area contributed by atoms with Crippen LogP contribution >= 0.6 is 0 Å². The predicted molar refractivity (Wildman–Crippen MR) is 53.7 cm³/mol. The fourth-order valence-corrected chi connectivity index (χ4v) is 2.00. The Morgan fingerprint density at radius 1 is 1.36 bits per heavy atom. The summed E-state index contributed by atoms with van der Waals surface area (Å²) in [6.07, 6.45) is 1.16. The molecule has 0 bridgehead atoms. The highest BCUT2D eigenvalue weighted by Gasteiger charge is 2.20. The lowest BCUT2D eigenvalue weighted by Gasteiger charge is -2.31. The fraction of sp³-hybridized carbons (Fsp3) is 1.00. The lowest BCUT2D eigenvalue weighted by atomic mass is 9.93. The molecule has 1 rings (SSSR count). The Hall–Kier alpha value is -0.220. The van der Waals surface area contributed by atoms with Gasteiger partial charge in [0.15, 0.2) is 0 Å². The number of nitrogens with one attached hydrogen (secondary N) is 1. The molecule has 0 amide bonds. The van der Waals surface area contributed by atoms with Crippen LogP contribution in [0.4, 0.5) is 8.78 Å². The van der Waals surface area contributed by atoms with Crippen molar-refractivity contribution in [1.82, 2.24) is 10.2 Å². The van der Waals surface area contributed by atoms with Gasteiger partial charge in [0.25, 0.3) is 6.43 Å². The second-order valence-corrected chi connectivity index (χ2v) is 4.03. The van der Waals surface area contributed by atoms with Crippen molar-refractivity contribution >= 4 is 0 Å². The predicted octanol–water partition coefficient (Wildman–Crippen LogP) is 1.57. The standard InChI is InChI=1S/C10H20F2N2/c1-13-5-2-9-3-6-14(7-4-9)8-10(11)12/h9-10,13H,2-8H2,1H3. The molecule has 0 aromatic carbocycles. The second-order valence-electron chi connectivity index (χ2n) is 4.03. The average Bonchev–Trinajstić information content (AvgIpc) is 2.16. The van der Waals surface area contributed by atoms with Crippen LogP contribution in [0.15, 0.2) is 0 Å². The van der Waals surface area contributed by atoms with E-state index in [0.29, 0.717) is 0 Å². The molecule has 14 heavy (non-hydrogen) atoms. The SMILES string of the molecule is CNCCC1CCN(CC(F)F)CC1. The minimum atomic E-state index is -2.18. The number of halogens is 2. The molecule has 1 aliphatic rings. The van der Waals surface area contributed by atoms with Gasteiger partial charge in [-0.2, -0.15) is 0 Å². The van der Waals surface area contributed by atoms with Gasteiger partial charge in [-0.3, -0.25) is 4.90 Å². The number of alkyl halides is 2. The first-order chi connectivity index (χ1) is 6.72. The van der Waals surface area contributed by atoms with E-state index in [9.17, 15) is 8.78 Å². The highest BCUT2D eigenvalue weighted by atomic mass is 19.3. The van der Waals surface area contributed by atoms with Gasteiger partial charge in [0.1, 0.15) is 0 Å². The molecule has 0 spiro atoms. The third kappa shape index (κ3) is 4.33. The van der Waals surface area contributed by atoms with Crippen molar-refractivity contribution in [2.75, 3.05) is 33.2 Å². The largest absolute Gasteiger partial charge is 0.320 e. The van der Waals surface area contributed by atoms with Crippen molar-refractivity contribution in [3.8, 4) is 0 Å². The quantitative estimate of drug-likeness (QED) is 0.734. The maximum atomic E-state index is 12.1. The molecule has 0 saturated carbocycles. The minimum absolute atomic E-state index is 0.0429. The topological polar surface area (TPSA) is 15.3 Å². The Labute approximate surface area is 84.7 Å². The molecule has 2 nitrogen and oxygen atoms in total. The number of piperidine rings is 1. The summed E-state index contributed by atoms with van der Waals surface area (Å²) in [6, 6.07) is 0. The maximum absolute atomic E-state index is 12.1. The Balaban J connectivity index is 2.11. The van der Waals surface area contributed by atoms with Crippen LogP contribution in [0.2, 0.25) is 0 Å². The van der Waals surface area contributed by atoms with E-state index in [1.54, 1.807) is 0 Å². The minimum Gasteiger partial charge on any atom is -0.320 e. The highest BCUT2D eigenvalue weighted by molar-refractivity contribution is 4.73. The molecular formula is C10H20F2N2. The van der Waals surface area contributed by atoms with Crippen molar-refractivity contribution in [1.29, 1.82) is 0 Å². The number of rotatable bonds is 5. The first kappa shape index (κ1) is 11.9. The van der Waals surface area contributed by atoms with E-state index in [4.69, 9.17) is 0 Å². The van der Waals surface area contributed by atoms with Crippen molar-refractivity contribution < 1.29 is 8.78 Å². The number of likely N-dealkylation sites (tertiary alicyclic amines) is 1. The molecule has 1 N–H and O–H groups in total. The van der Waals surface area contributed by atoms with Crippen LogP contribution in [0.1, 0.15) is 19.3 Å². The molecule has 1 saturated heterocycles. The first-order valence-corrected chi connectivity index (χ1v) is 5.37. The Morgan fingerprint density at radius 3 is 2.50 bits per heavy atom. The van der Waals surface area contributed by atoms with Gasteiger partial charge in [-0.05, 0) is 51.9 Å². The van der Waals surface area contributed by atoms with E-state index < -0.39 is 6.43 Å². The Morgan fingerprint density at radius 2 is 2.00 bits per heavy atom. The summed E-state index contributed by atoms with van der Waals surface area (Å²) in [7, 11) is 1.95. The lowest BCUT2D eigenvalue weighted by Crippen LogP contribution is -2.37. The zero-order valence-electron chi connectivity index (χ0n) is 8.81. The second kappa shape index (κ2) is 6.30. The Bertz CT molecular complexity index is 145. The summed E-state index contributed by atoms with van der Waals surface area (Å²) >= 11 is 0. The van der Waals surface area contributed by atoms with E-state index in [2.05, 4.69) is 5.32 Å². The molecule has 0 atom stereocenters. The van der Waals surface area contributed by atoms with Crippen molar-refractivity contribution in [3.05, 3.63) is 0 Å². The summed E-state index contributed by atoms with van der Waals surface area (Å²) < 4.78 is 24.1. The van der Waals surface area contributed by atoms with Gasteiger partial charge in [0.05, 0.1) is 6.54 Å². The molecular weight excluding hydrogens is 186 g/mol. The number of hydrogen-bond donors (Lipinski definition) is 1. The van der Waals surface area contributed by atoms with Gasteiger partial charge < -0.3 is 5.32 Å². The monoisotopic (exact) mass is 206 g/mol. The van der Waals surface area contributed by atoms with Gasteiger partial charge >= 0.3 is 0 Å². The van der Waals surface area contributed by atoms with E-state index in [1.165, 1.54) is 6.42 Å². The number of hydrogen-bond acceptors (Lipinski definition) is 2. The van der Waals surface area contributed by atoms with Crippen molar-refractivity contribution in [2.45, 2.75) is 25.7 Å². The van der Waals surface area contributed by atoms with Crippen LogP contribution in [0.3, 0.4) is 0 Å². The van der Waals surface area contributed by atoms with Gasteiger partial charge in [0.2, 0.25) is 0 Å². The van der Waals surface area contributed by atoms with E-state index in [0.717, 1.165) is 38.4 Å². The van der Waals surface area contributed by atoms with Crippen LogP contribution in [-0.4, -0.2) is 44.6 Å². The van der Waals surface area contributed by atoms with Crippen LogP contribution in [0, 0.1) is 5.92 Å². The summed E-state index contributed by atoms with van der Waals surface area (Å²) in [4.78, 5) is 1.88. The molecule has 1 aliphatic heterocycles. The smallest absolute Gasteiger partial charge is 0.251 e. The van der Waals surface area contributed by atoms with Gasteiger partial charge in [-0.25, -0.2) is 8.78 Å². The van der Waals surface area contributed by atoms with Crippen LogP contribution in [0.5, 0.6) is 0 Å². The normalized spacial score (nSPS) is 20.6. The fourth-order valence-electron chi connectivity index (χ4n) is 2.00. The molecule has 0 aliphatic carbocycles. The molecule has 1 heterocycles. The molecule has 4 heteroatoms. The summed E-state index contributed by atoms with van der Waals surface area (Å²) in [5, 5.41) is 3.12. The van der Waals surface area contributed by atoms with Crippen LogP contribution < -0.4 is 5.32 Å². The summed E-state index contributed by atoms with van der Waals surface area (Å²) in [5.41, 5.74) is 0. The molecule has 84 valence electrons. The van der Waals surface area contributed by atoms with E-state index >= 15 is 0 Å². The van der Waals surface area contributed by atoms with E-state index in [-0.39, 0.29) is 6.54 Å². The summed E-state index contributed by atoms with van der Waals surface area (Å²) in [5.74, 6) is 0.733. The van der Waals surface area contributed by atoms with E-state index in [1.807, 2.05) is 11.9 Å².